The lowest BCUT2D eigenvalue weighted by Crippen LogP contribution is -2.52. The van der Waals surface area contributed by atoms with Crippen LogP contribution in [0.1, 0.15) is 32.1 Å². The fourth-order valence-corrected chi connectivity index (χ4v) is 3.56. The number of piperidine rings is 2. The number of nitrogens with zero attached hydrogens (tertiary/aromatic N) is 3. The van der Waals surface area contributed by atoms with Crippen molar-refractivity contribution in [2.24, 2.45) is 0 Å². The summed E-state index contributed by atoms with van der Waals surface area (Å²) in [6, 6.07) is 4.06. The van der Waals surface area contributed by atoms with Gasteiger partial charge in [0.2, 0.25) is 5.88 Å². The number of carbonyl (C=O) groups is 1. The van der Waals surface area contributed by atoms with Gasteiger partial charge in [-0.25, -0.2) is 9.78 Å². The molecule has 6 heteroatoms. The van der Waals surface area contributed by atoms with Crippen LogP contribution >= 0.6 is 0 Å². The first-order valence-electron chi connectivity index (χ1n) is 8.57. The summed E-state index contributed by atoms with van der Waals surface area (Å²) in [6.07, 6.45) is 7.83. The lowest BCUT2D eigenvalue weighted by molar-refractivity contribution is 0.0975. The average molecular weight is 318 g/mol. The number of amides is 2. The molecule has 0 saturated carbocycles. The normalized spacial score (nSPS) is 22.7. The van der Waals surface area contributed by atoms with Crippen LogP contribution < -0.4 is 10.1 Å². The molecule has 2 saturated heterocycles. The van der Waals surface area contributed by atoms with Crippen LogP contribution in [-0.2, 0) is 0 Å². The van der Waals surface area contributed by atoms with E-state index in [1.165, 1.54) is 38.8 Å². The zero-order valence-electron chi connectivity index (χ0n) is 13.8. The number of urea groups is 1. The summed E-state index contributed by atoms with van der Waals surface area (Å²) in [5, 5.41) is 2.94. The second-order valence-corrected chi connectivity index (χ2v) is 6.33. The number of likely N-dealkylation sites (tertiary alicyclic amines) is 2. The Kier molecular flexibility index (Phi) is 5.33. The van der Waals surface area contributed by atoms with Gasteiger partial charge in [-0.3, -0.25) is 4.90 Å². The van der Waals surface area contributed by atoms with Crippen molar-refractivity contribution in [3.05, 3.63) is 18.3 Å². The summed E-state index contributed by atoms with van der Waals surface area (Å²) in [5.41, 5.74) is 0.625. The van der Waals surface area contributed by atoms with Gasteiger partial charge in [-0.1, -0.05) is 6.42 Å². The van der Waals surface area contributed by atoms with Gasteiger partial charge in [0.25, 0.3) is 0 Å². The van der Waals surface area contributed by atoms with Crippen molar-refractivity contribution in [1.29, 1.82) is 0 Å². The molecule has 1 N–H and O–H groups in total. The topological polar surface area (TPSA) is 57.7 Å². The maximum atomic E-state index is 12.6. The maximum Gasteiger partial charge on any atom is 0.322 e. The van der Waals surface area contributed by atoms with Crippen LogP contribution in [0.25, 0.3) is 0 Å². The lowest BCUT2D eigenvalue weighted by atomic mass is 10.0. The van der Waals surface area contributed by atoms with Gasteiger partial charge in [-0.15, -0.1) is 0 Å². The molecule has 0 radical (unpaired) electrons. The van der Waals surface area contributed by atoms with Crippen molar-refractivity contribution >= 4 is 11.7 Å². The Labute approximate surface area is 137 Å². The molecule has 2 amide bonds. The number of methoxy groups -OCH3 is 1. The molecular weight excluding hydrogens is 292 g/mol. The van der Waals surface area contributed by atoms with Crippen molar-refractivity contribution in [2.45, 2.75) is 38.1 Å². The number of carbonyl (C=O) groups excluding carboxylic acids is 1. The zero-order valence-corrected chi connectivity index (χ0v) is 13.8. The first-order chi connectivity index (χ1) is 11.3. The summed E-state index contributed by atoms with van der Waals surface area (Å²) in [6.45, 7) is 3.99. The van der Waals surface area contributed by atoms with E-state index in [2.05, 4.69) is 15.2 Å². The molecule has 1 aromatic heterocycles. The monoisotopic (exact) mass is 318 g/mol. The van der Waals surface area contributed by atoms with Gasteiger partial charge in [0.05, 0.1) is 7.11 Å². The molecule has 2 aliphatic rings. The van der Waals surface area contributed by atoms with E-state index in [1.54, 1.807) is 19.4 Å². The summed E-state index contributed by atoms with van der Waals surface area (Å²) < 4.78 is 5.20. The van der Waals surface area contributed by atoms with Gasteiger partial charge in [-0.05, 0) is 50.9 Å². The largest absolute Gasteiger partial charge is 0.480 e. The highest BCUT2D eigenvalue weighted by Crippen LogP contribution is 2.23. The summed E-state index contributed by atoms with van der Waals surface area (Å²) >= 11 is 0. The Balaban J connectivity index is 1.60. The molecule has 2 aliphatic heterocycles. The van der Waals surface area contributed by atoms with E-state index in [9.17, 15) is 4.79 Å². The Bertz CT molecular complexity index is 531. The molecule has 2 fully saturated rings. The SMILES string of the molecule is COc1ncccc1NC(=O)N1CCC[C@H](N2CCCCC2)C1. The quantitative estimate of drug-likeness (QED) is 0.930. The smallest absolute Gasteiger partial charge is 0.322 e. The van der Waals surface area contributed by atoms with Gasteiger partial charge >= 0.3 is 6.03 Å². The van der Waals surface area contributed by atoms with Gasteiger partial charge in [0.1, 0.15) is 5.69 Å². The number of anilines is 1. The first-order valence-corrected chi connectivity index (χ1v) is 8.57. The molecule has 0 aromatic carbocycles. The molecule has 6 nitrogen and oxygen atoms in total. The fraction of sp³-hybridized carbons (Fsp3) is 0.647. The van der Waals surface area contributed by atoms with E-state index in [1.807, 2.05) is 11.0 Å². The Morgan fingerprint density at radius 2 is 2.09 bits per heavy atom. The number of hydrogen-bond donors (Lipinski definition) is 1. The number of nitrogens with one attached hydrogen (secondary N) is 1. The number of ether oxygens (including phenoxy) is 1. The van der Waals surface area contributed by atoms with E-state index in [0.717, 1.165) is 19.5 Å². The molecule has 0 unspecified atom stereocenters. The standard InChI is InChI=1S/C17H26N4O2/c1-23-16-15(8-5-9-18-16)19-17(22)21-12-6-7-14(13-21)20-10-3-2-4-11-20/h5,8-9,14H,2-4,6-7,10-13H2,1H3,(H,19,22)/t14-/m0/s1. The second kappa shape index (κ2) is 7.64. The third kappa shape index (κ3) is 3.93. The molecule has 3 rings (SSSR count). The first kappa shape index (κ1) is 16.1. The van der Waals surface area contributed by atoms with Crippen molar-refractivity contribution in [1.82, 2.24) is 14.8 Å². The highest BCUT2D eigenvalue weighted by atomic mass is 16.5. The predicted octanol–water partition coefficient (Wildman–Crippen LogP) is 2.57. The zero-order chi connectivity index (χ0) is 16.1. The van der Waals surface area contributed by atoms with E-state index in [-0.39, 0.29) is 6.03 Å². The molecule has 0 bridgehead atoms. The molecule has 23 heavy (non-hydrogen) atoms. The molecule has 126 valence electrons. The summed E-state index contributed by atoms with van der Waals surface area (Å²) in [4.78, 5) is 21.2. The van der Waals surface area contributed by atoms with E-state index < -0.39 is 0 Å². The van der Waals surface area contributed by atoms with Gasteiger partial charge < -0.3 is 15.0 Å². The van der Waals surface area contributed by atoms with E-state index in [0.29, 0.717) is 17.6 Å². The van der Waals surface area contributed by atoms with Crippen molar-refractivity contribution in [3.8, 4) is 5.88 Å². The average Bonchev–Trinajstić information content (AvgIpc) is 2.63. The minimum absolute atomic E-state index is 0.0574. The molecule has 1 aromatic rings. The fourth-order valence-electron chi connectivity index (χ4n) is 3.56. The Morgan fingerprint density at radius 3 is 2.87 bits per heavy atom. The molecule has 0 aliphatic carbocycles. The van der Waals surface area contributed by atoms with Gasteiger partial charge in [-0.2, -0.15) is 0 Å². The highest BCUT2D eigenvalue weighted by molar-refractivity contribution is 5.90. The molecule has 1 atom stereocenters. The summed E-state index contributed by atoms with van der Waals surface area (Å²) in [7, 11) is 1.56. The number of rotatable bonds is 3. The third-order valence-corrected chi connectivity index (χ3v) is 4.80. The van der Waals surface area contributed by atoms with Crippen molar-refractivity contribution in [3.63, 3.8) is 0 Å². The molecule has 0 spiro atoms. The van der Waals surface area contributed by atoms with Gasteiger partial charge in [0.15, 0.2) is 0 Å². The number of aromatic nitrogens is 1. The van der Waals surface area contributed by atoms with E-state index in [4.69, 9.17) is 4.74 Å². The third-order valence-electron chi connectivity index (χ3n) is 4.80. The molecule has 3 heterocycles. The lowest BCUT2D eigenvalue weighted by Gasteiger charge is -2.40. The highest BCUT2D eigenvalue weighted by Gasteiger charge is 2.28. The molecular formula is C17H26N4O2. The van der Waals surface area contributed by atoms with Crippen molar-refractivity contribution < 1.29 is 9.53 Å². The van der Waals surface area contributed by atoms with Crippen LogP contribution in [0.15, 0.2) is 18.3 Å². The minimum atomic E-state index is -0.0574. The minimum Gasteiger partial charge on any atom is -0.480 e. The van der Waals surface area contributed by atoms with Gasteiger partial charge in [0, 0.05) is 25.3 Å². The van der Waals surface area contributed by atoms with Crippen LogP contribution in [0.3, 0.4) is 0 Å². The second-order valence-electron chi connectivity index (χ2n) is 6.33. The number of hydrogen-bond acceptors (Lipinski definition) is 4. The summed E-state index contributed by atoms with van der Waals surface area (Å²) in [5.74, 6) is 0.449. The predicted molar refractivity (Wildman–Crippen MR) is 89.8 cm³/mol. The van der Waals surface area contributed by atoms with Crippen molar-refractivity contribution in [2.75, 3.05) is 38.6 Å². The van der Waals surface area contributed by atoms with Crippen LogP contribution in [0, 0.1) is 0 Å². The van der Waals surface area contributed by atoms with E-state index >= 15 is 0 Å². The Hall–Kier alpha value is -1.82. The van der Waals surface area contributed by atoms with Crippen LogP contribution in [0.5, 0.6) is 5.88 Å². The van der Waals surface area contributed by atoms with Crippen LogP contribution in [-0.4, -0.2) is 60.1 Å². The van der Waals surface area contributed by atoms with Crippen LogP contribution in [0.2, 0.25) is 0 Å². The Morgan fingerprint density at radius 1 is 1.26 bits per heavy atom. The van der Waals surface area contributed by atoms with Crippen LogP contribution in [0.4, 0.5) is 10.5 Å². The number of pyridine rings is 1. The maximum absolute atomic E-state index is 12.6.